The number of carboxylic acid groups (broad SMARTS) is 1. The molecule has 2 rings (SSSR count). The number of rotatable bonds is 6. The van der Waals surface area contributed by atoms with Gasteiger partial charge in [-0.25, -0.2) is 4.98 Å². The lowest BCUT2D eigenvalue weighted by atomic mass is 10.3. The number of aryl methyl sites for hydroxylation is 1. The van der Waals surface area contributed by atoms with E-state index in [-0.39, 0.29) is 12.1 Å². The van der Waals surface area contributed by atoms with Crippen LogP contribution in [0, 0.1) is 6.92 Å². The van der Waals surface area contributed by atoms with Gasteiger partial charge in [-0.05, 0) is 6.92 Å². The molecule has 0 aliphatic carbocycles. The van der Waals surface area contributed by atoms with Crippen molar-refractivity contribution in [3.05, 3.63) is 45.8 Å². The average Bonchev–Trinajstić information content (AvgIpc) is 2.70. The van der Waals surface area contributed by atoms with Gasteiger partial charge in [0.2, 0.25) is 0 Å². The normalized spacial score (nSPS) is 11.1. The van der Waals surface area contributed by atoms with Crippen LogP contribution in [0.4, 0.5) is 0 Å². The summed E-state index contributed by atoms with van der Waals surface area (Å²) in [5, 5.41) is 10.7. The molecule has 0 aliphatic rings. The maximum absolute atomic E-state index is 12.0. The second kappa shape index (κ2) is 5.98. The SMILES string of the molecule is C=CCN(CC(=O)O)Cc1cc(=O)n2c(C)csc2n1. The predicted octanol–water partition coefficient (Wildman–Crippen LogP) is 1.14. The maximum Gasteiger partial charge on any atom is 0.317 e. The zero-order chi connectivity index (χ0) is 14.7. The van der Waals surface area contributed by atoms with E-state index in [9.17, 15) is 9.59 Å². The zero-order valence-corrected chi connectivity index (χ0v) is 11.9. The van der Waals surface area contributed by atoms with E-state index in [1.807, 2.05) is 12.3 Å². The van der Waals surface area contributed by atoms with Gasteiger partial charge < -0.3 is 5.11 Å². The van der Waals surface area contributed by atoms with Crippen LogP contribution in [0.1, 0.15) is 11.4 Å². The van der Waals surface area contributed by atoms with E-state index in [1.165, 1.54) is 17.4 Å². The summed E-state index contributed by atoms with van der Waals surface area (Å²) >= 11 is 1.39. The molecule has 106 valence electrons. The third-order valence-corrected chi connectivity index (χ3v) is 3.70. The Morgan fingerprint density at radius 2 is 2.40 bits per heavy atom. The predicted molar refractivity (Wildman–Crippen MR) is 77.2 cm³/mol. The monoisotopic (exact) mass is 293 g/mol. The molecule has 0 saturated carbocycles. The van der Waals surface area contributed by atoms with E-state index in [0.29, 0.717) is 23.7 Å². The molecule has 0 unspecified atom stereocenters. The summed E-state index contributed by atoms with van der Waals surface area (Å²) in [6.45, 7) is 6.07. The Bertz CT molecular complexity index is 704. The topological polar surface area (TPSA) is 74.9 Å². The van der Waals surface area contributed by atoms with Crippen molar-refractivity contribution in [2.45, 2.75) is 13.5 Å². The largest absolute Gasteiger partial charge is 0.480 e. The van der Waals surface area contributed by atoms with Gasteiger partial charge in [0.05, 0.1) is 12.2 Å². The number of fused-ring (bicyclic) bond motifs is 1. The van der Waals surface area contributed by atoms with Crippen molar-refractivity contribution in [3.63, 3.8) is 0 Å². The molecule has 0 amide bonds. The van der Waals surface area contributed by atoms with Gasteiger partial charge in [0.25, 0.3) is 5.56 Å². The molecule has 0 radical (unpaired) electrons. The fourth-order valence-corrected chi connectivity index (χ4v) is 2.86. The molecule has 7 heteroatoms. The minimum absolute atomic E-state index is 0.115. The van der Waals surface area contributed by atoms with Crippen LogP contribution in [0.25, 0.3) is 4.96 Å². The molecule has 0 atom stereocenters. The van der Waals surface area contributed by atoms with Crippen molar-refractivity contribution >= 4 is 22.3 Å². The number of aliphatic carboxylic acids is 1. The van der Waals surface area contributed by atoms with Crippen molar-refractivity contribution in [1.29, 1.82) is 0 Å². The van der Waals surface area contributed by atoms with Crippen LogP contribution in [0.2, 0.25) is 0 Å². The summed E-state index contributed by atoms with van der Waals surface area (Å²) in [5.41, 5.74) is 1.28. The first-order valence-electron chi connectivity index (χ1n) is 6.03. The highest BCUT2D eigenvalue weighted by molar-refractivity contribution is 7.15. The summed E-state index contributed by atoms with van der Waals surface area (Å²) in [7, 11) is 0. The Morgan fingerprint density at radius 1 is 1.65 bits per heavy atom. The Morgan fingerprint density at radius 3 is 3.05 bits per heavy atom. The van der Waals surface area contributed by atoms with Crippen LogP contribution in [-0.2, 0) is 11.3 Å². The summed E-state index contributed by atoms with van der Waals surface area (Å²) in [6.07, 6.45) is 1.63. The lowest BCUT2D eigenvalue weighted by Crippen LogP contribution is -2.30. The lowest BCUT2D eigenvalue weighted by molar-refractivity contribution is -0.138. The highest BCUT2D eigenvalue weighted by atomic mass is 32.1. The van der Waals surface area contributed by atoms with Gasteiger partial charge in [0.1, 0.15) is 0 Å². The van der Waals surface area contributed by atoms with Gasteiger partial charge in [-0.1, -0.05) is 6.08 Å². The third kappa shape index (κ3) is 3.12. The number of carboxylic acids is 1. The van der Waals surface area contributed by atoms with Gasteiger partial charge in [-0.2, -0.15) is 0 Å². The van der Waals surface area contributed by atoms with Crippen molar-refractivity contribution in [2.24, 2.45) is 0 Å². The van der Waals surface area contributed by atoms with Crippen molar-refractivity contribution in [1.82, 2.24) is 14.3 Å². The number of nitrogens with zero attached hydrogens (tertiary/aromatic N) is 3. The van der Waals surface area contributed by atoms with Crippen LogP contribution in [0.5, 0.6) is 0 Å². The highest BCUT2D eigenvalue weighted by Crippen LogP contribution is 2.12. The van der Waals surface area contributed by atoms with Crippen LogP contribution in [-0.4, -0.2) is 38.4 Å². The Labute approximate surface area is 119 Å². The van der Waals surface area contributed by atoms with E-state index in [0.717, 1.165) is 5.69 Å². The number of carbonyl (C=O) groups is 1. The van der Waals surface area contributed by atoms with Crippen LogP contribution in [0.3, 0.4) is 0 Å². The van der Waals surface area contributed by atoms with Crippen LogP contribution >= 0.6 is 11.3 Å². The summed E-state index contributed by atoms with van der Waals surface area (Å²) < 4.78 is 1.54. The molecular weight excluding hydrogens is 278 g/mol. The Kier molecular flexibility index (Phi) is 4.31. The Hall–Kier alpha value is -1.99. The van der Waals surface area contributed by atoms with Gasteiger partial charge in [0, 0.05) is 30.2 Å². The molecule has 0 aromatic carbocycles. The number of hydrogen-bond donors (Lipinski definition) is 1. The van der Waals surface area contributed by atoms with Crippen molar-refractivity contribution in [3.8, 4) is 0 Å². The molecular formula is C13H15N3O3S. The molecule has 0 aliphatic heterocycles. The molecule has 0 bridgehead atoms. The molecule has 1 N–H and O–H groups in total. The van der Waals surface area contributed by atoms with E-state index in [2.05, 4.69) is 11.6 Å². The molecule has 2 aromatic rings. The Balaban J connectivity index is 2.30. The second-order valence-electron chi connectivity index (χ2n) is 4.43. The second-order valence-corrected chi connectivity index (χ2v) is 5.27. The number of thiazole rings is 1. The van der Waals surface area contributed by atoms with E-state index in [1.54, 1.807) is 15.4 Å². The van der Waals surface area contributed by atoms with E-state index >= 15 is 0 Å². The van der Waals surface area contributed by atoms with Crippen molar-refractivity contribution in [2.75, 3.05) is 13.1 Å². The standard InChI is InChI=1S/C13H15N3O3S/c1-3-4-15(7-12(18)19)6-10-5-11(17)16-9(2)8-20-13(16)14-10/h3,5,8H,1,4,6-7H2,2H3,(H,18,19). The minimum Gasteiger partial charge on any atom is -0.480 e. The lowest BCUT2D eigenvalue weighted by Gasteiger charge is -2.17. The molecule has 2 heterocycles. The number of hydrogen-bond acceptors (Lipinski definition) is 5. The van der Waals surface area contributed by atoms with Crippen LogP contribution in [0.15, 0.2) is 28.9 Å². The quantitative estimate of drug-likeness (QED) is 0.808. The van der Waals surface area contributed by atoms with Crippen molar-refractivity contribution < 1.29 is 9.90 Å². The summed E-state index contributed by atoms with van der Waals surface area (Å²) in [5.74, 6) is -0.920. The average molecular weight is 293 g/mol. The first-order valence-corrected chi connectivity index (χ1v) is 6.91. The van der Waals surface area contributed by atoms with E-state index < -0.39 is 5.97 Å². The molecule has 20 heavy (non-hydrogen) atoms. The maximum atomic E-state index is 12.0. The van der Waals surface area contributed by atoms with Crippen LogP contribution < -0.4 is 5.56 Å². The van der Waals surface area contributed by atoms with E-state index in [4.69, 9.17) is 5.11 Å². The molecule has 0 fully saturated rings. The van der Waals surface area contributed by atoms with Gasteiger partial charge in [-0.3, -0.25) is 18.9 Å². The highest BCUT2D eigenvalue weighted by Gasteiger charge is 2.12. The van der Waals surface area contributed by atoms with Gasteiger partial charge in [-0.15, -0.1) is 17.9 Å². The fraction of sp³-hybridized carbons (Fsp3) is 0.308. The smallest absolute Gasteiger partial charge is 0.317 e. The molecule has 0 spiro atoms. The zero-order valence-electron chi connectivity index (χ0n) is 11.1. The van der Waals surface area contributed by atoms with Gasteiger partial charge in [0.15, 0.2) is 4.96 Å². The minimum atomic E-state index is -0.920. The third-order valence-electron chi connectivity index (χ3n) is 2.76. The fourth-order valence-electron chi connectivity index (χ4n) is 1.97. The summed E-state index contributed by atoms with van der Waals surface area (Å²) in [6, 6.07) is 1.45. The summed E-state index contributed by atoms with van der Waals surface area (Å²) in [4.78, 5) is 29.5. The molecule has 6 nitrogen and oxygen atoms in total. The number of aromatic nitrogens is 2. The first kappa shape index (κ1) is 14.4. The van der Waals surface area contributed by atoms with Gasteiger partial charge >= 0.3 is 5.97 Å². The molecule has 0 saturated heterocycles. The first-order chi connectivity index (χ1) is 9.51. The molecule has 2 aromatic heterocycles.